The van der Waals surface area contributed by atoms with E-state index in [-0.39, 0.29) is 12.0 Å². The second-order valence-electron chi connectivity index (χ2n) is 4.81. The third kappa shape index (κ3) is 3.18. The van der Waals surface area contributed by atoms with Gasteiger partial charge in [0.15, 0.2) is 0 Å². The second kappa shape index (κ2) is 6.51. The first kappa shape index (κ1) is 15.1. The average Bonchev–Trinajstić information content (AvgIpc) is 2.96. The number of aromatic nitrogens is 3. The molecule has 6 nitrogen and oxygen atoms in total. The third-order valence-corrected chi connectivity index (χ3v) is 4.54. The smallest absolute Gasteiger partial charge is 0.234 e. The van der Waals surface area contributed by atoms with Crippen molar-refractivity contribution in [1.82, 2.24) is 20.4 Å². The van der Waals surface area contributed by atoms with Crippen LogP contribution in [0.15, 0.2) is 25.7 Å². The Bertz CT molecular complexity index is 634. The fourth-order valence-electron chi connectivity index (χ4n) is 2.39. The summed E-state index contributed by atoms with van der Waals surface area (Å²) < 4.78 is 12.6. The fourth-order valence-corrected chi connectivity index (χ4v) is 3.55. The Kier molecular flexibility index (Phi) is 4.68. The molecule has 0 spiro atoms. The SMILES string of the molecule is CNC1CCOCC1c1nc(-c2ncc(Br)cc2Br)no1. The highest BCUT2D eigenvalue weighted by Gasteiger charge is 2.31. The first-order valence-corrected chi connectivity index (χ1v) is 8.17. The number of rotatable bonds is 3. The van der Waals surface area contributed by atoms with Crippen LogP contribution in [0.1, 0.15) is 18.2 Å². The highest BCUT2D eigenvalue weighted by atomic mass is 79.9. The van der Waals surface area contributed by atoms with Gasteiger partial charge in [0.25, 0.3) is 0 Å². The van der Waals surface area contributed by atoms with Crippen molar-refractivity contribution in [1.29, 1.82) is 0 Å². The number of nitrogens with one attached hydrogen (secondary N) is 1. The number of pyridine rings is 1. The molecule has 1 saturated heterocycles. The zero-order valence-electron chi connectivity index (χ0n) is 11.3. The van der Waals surface area contributed by atoms with Gasteiger partial charge in [-0.25, -0.2) is 0 Å². The van der Waals surface area contributed by atoms with Crippen molar-refractivity contribution in [2.24, 2.45) is 0 Å². The molecular weight excluding hydrogens is 404 g/mol. The van der Waals surface area contributed by atoms with Crippen molar-refractivity contribution in [2.45, 2.75) is 18.4 Å². The zero-order valence-corrected chi connectivity index (χ0v) is 14.5. The quantitative estimate of drug-likeness (QED) is 0.827. The molecule has 2 aromatic rings. The van der Waals surface area contributed by atoms with Gasteiger partial charge in [-0.15, -0.1) is 0 Å². The van der Waals surface area contributed by atoms with E-state index in [1.807, 2.05) is 13.1 Å². The standard InChI is InChI=1S/C13H14Br2N4O2/c1-16-10-2-3-20-6-8(10)13-18-12(19-21-13)11-9(15)4-7(14)5-17-11/h4-5,8,10,16H,2-3,6H2,1H3. The van der Waals surface area contributed by atoms with Gasteiger partial charge in [-0.2, -0.15) is 4.98 Å². The van der Waals surface area contributed by atoms with Gasteiger partial charge in [0.1, 0.15) is 5.69 Å². The lowest BCUT2D eigenvalue weighted by atomic mass is 9.96. The predicted molar refractivity (Wildman–Crippen MR) is 84.0 cm³/mol. The van der Waals surface area contributed by atoms with E-state index in [0.717, 1.165) is 22.0 Å². The summed E-state index contributed by atoms with van der Waals surface area (Å²) in [5.41, 5.74) is 0.658. The molecule has 0 bridgehead atoms. The van der Waals surface area contributed by atoms with Crippen LogP contribution in [0.2, 0.25) is 0 Å². The fraction of sp³-hybridized carbons (Fsp3) is 0.462. The van der Waals surface area contributed by atoms with Crippen molar-refractivity contribution in [3.63, 3.8) is 0 Å². The molecule has 0 saturated carbocycles. The summed E-state index contributed by atoms with van der Waals surface area (Å²) in [5, 5.41) is 7.33. The number of nitrogens with zero attached hydrogens (tertiary/aromatic N) is 3. The molecule has 2 unspecified atom stereocenters. The molecule has 0 aliphatic carbocycles. The van der Waals surface area contributed by atoms with Gasteiger partial charge in [-0.1, -0.05) is 5.16 Å². The van der Waals surface area contributed by atoms with Crippen LogP contribution in [0.5, 0.6) is 0 Å². The first-order valence-electron chi connectivity index (χ1n) is 6.59. The Balaban J connectivity index is 1.89. The molecular formula is C13H14Br2N4O2. The van der Waals surface area contributed by atoms with Crippen LogP contribution in [-0.4, -0.2) is 41.4 Å². The van der Waals surface area contributed by atoms with E-state index in [0.29, 0.717) is 24.0 Å². The molecule has 1 aliphatic rings. The molecule has 2 atom stereocenters. The highest BCUT2D eigenvalue weighted by Crippen LogP contribution is 2.29. The number of likely N-dealkylation sites (N-methyl/N-ethyl adjacent to an activating group) is 1. The molecule has 1 fully saturated rings. The van der Waals surface area contributed by atoms with Gasteiger partial charge in [0.05, 0.1) is 12.5 Å². The van der Waals surface area contributed by atoms with Crippen molar-refractivity contribution < 1.29 is 9.26 Å². The number of hydrogen-bond donors (Lipinski definition) is 1. The van der Waals surface area contributed by atoms with Gasteiger partial charge in [0, 0.05) is 27.8 Å². The summed E-state index contributed by atoms with van der Waals surface area (Å²) in [7, 11) is 1.94. The summed E-state index contributed by atoms with van der Waals surface area (Å²) in [6.45, 7) is 1.34. The Labute approximate surface area is 138 Å². The van der Waals surface area contributed by atoms with Crippen LogP contribution in [0, 0.1) is 0 Å². The lowest BCUT2D eigenvalue weighted by Crippen LogP contribution is -2.39. The van der Waals surface area contributed by atoms with Crippen LogP contribution in [0.25, 0.3) is 11.5 Å². The molecule has 0 aromatic carbocycles. The van der Waals surface area contributed by atoms with Gasteiger partial charge >= 0.3 is 0 Å². The van der Waals surface area contributed by atoms with E-state index in [9.17, 15) is 0 Å². The second-order valence-corrected chi connectivity index (χ2v) is 6.58. The minimum atomic E-state index is 0.0687. The largest absolute Gasteiger partial charge is 0.381 e. The van der Waals surface area contributed by atoms with Crippen molar-refractivity contribution in [3.05, 3.63) is 27.1 Å². The van der Waals surface area contributed by atoms with E-state index in [1.165, 1.54) is 0 Å². The Morgan fingerprint density at radius 1 is 1.38 bits per heavy atom. The summed E-state index contributed by atoms with van der Waals surface area (Å²) in [6.07, 6.45) is 2.63. The molecule has 3 rings (SSSR count). The predicted octanol–water partition coefficient (Wildman–Crippen LogP) is 2.75. The molecule has 2 aromatic heterocycles. The van der Waals surface area contributed by atoms with Crippen molar-refractivity contribution in [3.8, 4) is 11.5 Å². The lowest BCUT2D eigenvalue weighted by molar-refractivity contribution is 0.0516. The summed E-state index contributed by atoms with van der Waals surface area (Å²) in [6, 6.07) is 2.19. The summed E-state index contributed by atoms with van der Waals surface area (Å²) in [4.78, 5) is 8.81. The molecule has 3 heterocycles. The first-order chi connectivity index (χ1) is 10.2. The zero-order chi connectivity index (χ0) is 14.8. The molecule has 0 radical (unpaired) electrons. The molecule has 21 heavy (non-hydrogen) atoms. The maximum atomic E-state index is 5.52. The number of ether oxygens (including phenoxy) is 1. The van der Waals surface area contributed by atoms with Crippen LogP contribution in [0.4, 0.5) is 0 Å². The van der Waals surface area contributed by atoms with E-state index >= 15 is 0 Å². The molecule has 0 amide bonds. The van der Waals surface area contributed by atoms with Gasteiger partial charge in [-0.3, -0.25) is 4.98 Å². The van der Waals surface area contributed by atoms with Crippen molar-refractivity contribution >= 4 is 31.9 Å². The van der Waals surface area contributed by atoms with Crippen LogP contribution < -0.4 is 5.32 Å². The van der Waals surface area contributed by atoms with Crippen molar-refractivity contribution in [2.75, 3.05) is 20.3 Å². The Hall–Kier alpha value is -0.830. The monoisotopic (exact) mass is 416 g/mol. The normalized spacial score (nSPS) is 22.4. The number of hydrogen-bond acceptors (Lipinski definition) is 6. The Morgan fingerprint density at radius 3 is 3.00 bits per heavy atom. The minimum Gasteiger partial charge on any atom is -0.381 e. The summed E-state index contributed by atoms with van der Waals surface area (Å²) in [5.74, 6) is 1.13. The molecule has 1 aliphatic heterocycles. The Morgan fingerprint density at radius 2 is 2.24 bits per heavy atom. The van der Waals surface area contributed by atoms with E-state index < -0.39 is 0 Å². The lowest BCUT2D eigenvalue weighted by Gasteiger charge is -2.28. The van der Waals surface area contributed by atoms with Gasteiger partial charge < -0.3 is 14.6 Å². The minimum absolute atomic E-state index is 0.0687. The van der Waals surface area contributed by atoms with Gasteiger partial charge in [-0.05, 0) is 51.4 Å². The topological polar surface area (TPSA) is 73.1 Å². The van der Waals surface area contributed by atoms with E-state index in [1.54, 1.807) is 6.20 Å². The molecule has 8 heteroatoms. The average molecular weight is 418 g/mol. The third-order valence-electron chi connectivity index (χ3n) is 3.51. The van der Waals surface area contributed by atoms with Crippen LogP contribution >= 0.6 is 31.9 Å². The van der Waals surface area contributed by atoms with Crippen LogP contribution in [0.3, 0.4) is 0 Å². The maximum Gasteiger partial charge on any atom is 0.234 e. The van der Waals surface area contributed by atoms with E-state index in [2.05, 4.69) is 52.3 Å². The maximum absolute atomic E-state index is 5.52. The number of halogens is 2. The molecule has 1 N–H and O–H groups in total. The summed E-state index contributed by atoms with van der Waals surface area (Å²) >= 11 is 6.84. The van der Waals surface area contributed by atoms with Gasteiger partial charge in [0.2, 0.25) is 11.7 Å². The van der Waals surface area contributed by atoms with E-state index in [4.69, 9.17) is 9.26 Å². The highest BCUT2D eigenvalue weighted by molar-refractivity contribution is 9.11. The molecule has 112 valence electrons. The van der Waals surface area contributed by atoms with Crippen LogP contribution in [-0.2, 0) is 4.74 Å².